The number of hydrogen-bond donors (Lipinski definition) is 3. The van der Waals surface area contributed by atoms with Gasteiger partial charge >= 0.3 is 0 Å². The van der Waals surface area contributed by atoms with Crippen molar-refractivity contribution in [3.63, 3.8) is 0 Å². The average Bonchev–Trinajstić information content (AvgIpc) is 2.70. The summed E-state index contributed by atoms with van der Waals surface area (Å²) in [6.07, 6.45) is 1.02. The molecule has 8 nitrogen and oxygen atoms in total. The Morgan fingerprint density at radius 3 is 2.12 bits per heavy atom. The van der Waals surface area contributed by atoms with Gasteiger partial charge in [0.2, 0.25) is 10.0 Å². The predicted molar refractivity (Wildman–Crippen MR) is 126 cm³/mol. The van der Waals surface area contributed by atoms with Crippen LogP contribution in [0.3, 0.4) is 0 Å². The summed E-state index contributed by atoms with van der Waals surface area (Å²) in [6, 6.07) is 17.3. The second-order valence-electron chi connectivity index (χ2n) is 7.36. The minimum Gasteiger partial charge on any atom is -0.322 e. The second kappa shape index (κ2) is 9.01. The molecule has 0 fully saturated rings. The van der Waals surface area contributed by atoms with Gasteiger partial charge in [0.25, 0.3) is 15.9 Å². The summed E-state index contributed by atoms with van der Waals surface area (Å²) < 4.78 is 53.1. The van der Waals surface area contributed by atoms with Crippen LogP contribution in [-0.4, -0.2) is 29.0 Å². The SMILES string of the molecule is Cc1ccc(C)c(NS(=O)(=O)c2ccc(NC(=O)c3cccc(NS(C)(=O)=O)c3)cc2)c1. The first-order chi connectivity index (χ1) is 14.9. The van der Waals surface area contributed by atoms with E-state index in [1.54, 1.807) is 12.1 Å². The molecule has 0 heterocycles. The number of rotatable bonds is 7. The van der Waals surface area contributed by atoms with Gasteiger partial charge in [-0.3, -0.25) is 14.2 Å². The molecule has 3 N–H and O–H groups in total. The molecule has 0 saturated carbocycles. The molecule has 10 heteroatoms. The third-order valence-electron chi connectivity index (χ3n) is 4.49. The molecule has 3 aromatic rings. The molecule has 0 aliphatic heterocycles. The Hall–Kier alpha value is -3.37. The van der Waals surface area contributed by atoms with Gasteiger partial charge in [0.1, 0.15) is 0 Å². The van der Waals surface area contributed by atoms with Crippen molar-refractivity contribution in [2.45, 2.75) is 18.7 Å². The number of amides is 1. The zero-order valence-electron chi connectivity index (χ0n) is 17.7. The van der Waals surface area contributed by atoms with E-state index >= 15 is 0 Å². The summed E-state index contributed by atoms with van der Waals surface area (Å²) >= 11 is 0. The van der Waals surface area contributed by atoms with E-state index in [2.05, 4.69) is 14.8 Å². The number of carbonyl (C=O) groups is 1. The van der Waals surface area contributed by atoms with Crippen molar-refractivity contribution in [2.24, 2.45) is 0 Å². The molecule has 0 aliphatic rings. The van der Waals surface area contributed by atoms with Crippen molar-refractivity contribution >= 4 is 43.0 Å². The maximum Gasteiger partial charge on any atom is 0.261 e. The summed E-state index contributed by atoms with van der Waals surface area (Å²) in [6.45, 7) is 3.69. The Morgan fingerprint density at radius 2 is 1.47 bits per heavy atom. The fourth-order valence-electron chi connectivity index (χ4n) is 2.91. The number of sulfonamides is 2. The Balaban J connectivity index is 1.74. The zero-order chi connectivity index (χ0) is 23.5. The van der Waals surface area contributed by atoms with Crippen molar-refractivity contribution < 1.29 is 21.6 Å². The molecule has 0 radical (unpaired) electrons. The van der Waals surface area contributed by atoms with Crippen LogP contribution in [-0.2, 0) is 20.0 Å². The molecule has 0 aliphatic carbocycles. The molecule has 1 amide bonds. The molecule has 0 aromatic heterocycles. The van der Waals surface area contributed by atoms with Crippen LogP contribution in [0.15, 0.2) is 71.6 Å². The quantitative estimate of drug-likeness (QED) is 0.483. The lowest BCUT2D eigenvalue weighted by Crippen LogP contribution is -2.15. The minimum absolute atomic E-state index is 0.0516. The summed E-state index contributed by atoms with van der Waals surface area (Å²) in [5.41, 5.74) is 3.14. The predicted octanol–water partition coefficient (Wildman–Crippen LogP) is 3.73. The average molecular weight is 474 g/mol. The van der Waals surface area contributed by atoms with Crippen LogP contribution < -0.4 is 14.8 Å². The summed E-state index contributed by atoms with van der Waals surface area (Å²) in [4.78, 5) is 12.6. The van der Waals surface area contributed by atoms with E-state index in [1.807, 2.05) is 26.0 Å². The normalized spacial score (nSPS) is 11.6. The van der Waals surface area contributed by atoms with Gasteiger partial charge in [0.05, 0.1) is 16.8 Å². The van der Waals surface area contributed by atoms with E-state index in [0.717, 1.165) is 17.4 Å². The summed E-state index contributed by atoms with van der Waals surface area (Å²) in [5.74, 6) is -0.466. The largest absolute Gasteiger partial charge is 0.322 e. The van der Waals surface area contributed by atoms with Crippen molar-refractivity contribution in [3.8, 4) is 0 Å². The zero-order valence-corrected chi connectivity index (χ0v) is 19.3. The number of nitrogens with one attached hydrogen (secondary N) is 3. The van der Waals surface area contributed by atoms with Gasteiger partial charge in [0.15, 0.2) is 0 Å². The molecular weight excluding hydrogens is 450 g/mol. The standard InChI is InChI=1S/C22H23N3O5S2/c1-15-7-8-16(2)21(13-15)25-32(29,30)20-11-9-18(10-12-20)23-22(26)17-5-4-6-19(14-17)24-31(3,27)28/h4-14,24-25H,1-3H3,(H,23,26). The van der Waals surface area contributed by atoms with Gasteiger partial charge in [-0.1, -0.05) is 18.2 Å². The van der Waals surface area contributed by atoms with Crippen LogP contribution in [0.5, 0.6) is 0 Å². The van der Waals surface area contributed by atoms with E-state index in [4.69, 9.17) is 0 Å². The Bertz CT molecular complexity index is 1370. The van der Waals surface area contributed by atoms with Crippen molar-refractivity contribution in [3.05, 3.63) is 83.4 Å². The lowest BCUT2D eigenvalue weighted by Gasteiger charge is -2.12. The highest BCUT2D eigenvalue weighted by Crippen LogP contribution is 2.22. The first-order valence-corrected chi connectivity index (χ1v) is 12.9. The smallest absolute Gasteiger partial charge is 0.261 e. The van der Waals surface area contributed by atoms with Gasteiger partial charge in [-0.15, -0.1) is 0 Å². The maximum atomic E-state index is 12.7. The fourth-order valence-corrected chi connectivity index (χ4v) is 4.58. The highest BCUT2D eigenvalue weighted by Gasteiger charge is 2.16. The van der Waals surface area contributed by atoms with Crippen molar-refractivity contribution in [2.75, 3.05) is 21.0 Å². The number of carbonyl (C=O) groups excluding carboxylic acids is 1. The van der Waals surface area contributed by atoms with Crippen molar-refractivity contribution in [1.82, 2.24) is 0 Å². The van der Waals surface area contributed by atoms with E-state index in [1.165, 1.54) is 42.5 Å². The van der Waals surface area contributed by atoms with Crippen LogP contribution >= 0.6 is 0 Å². The van der Waals surface area contributed by atoms with E-state index in [9.17, 15) is 21.6 Å². The molecule has 168 valence electrons. The second-order valence-corrected chi connectivity index (χ2v) is 10.8. The van der Waals surface area contributed by atoms with Gasteiger partial charge in [0, 0.05) is 16.9 Å². The summed E-state index contributed by atoms with van der Waals surface area (Å²) in [5, 5.41) is 2.66. The molecular formula is C22H23N3O5S2. The van der Waals surface area contributed by atoms with Gasteiger partial charge in [-0.2, -0.15) is 0 Å². The third-order valence-corrected chi connectivity index (χ3v) is 6.48. The molecule has 3 aromatic carbocycles. The Labute approximate surface area is 187 Å². The number of aryl methyl sites for hydroxylation is 2. The van der Waals surface area contributed by atoms with E-state index in [0.29, 0.717) is 11.4 Å². The lowest BCUT2D eigenvalue weighted by molar-refractivity contribution is 0.102. The van der Waals surface area contributed by atoms with Crippen LogP contribution in [0.4, 0.5) is 17.1 Å². The van der Waals surface area contributed by atoms with Gasteiger partial charge < -0.3 is 5.32 Å². The Morgan fingerprint density at radius 1 is 0.781 bits per heavy atom. The lowest BCUT2D eigenvalue weighted by atomic mass is 10.1. The molecule has 32 heavy (non-hydrogen) atoms. The molecule has 0 bridgehead atoms. The number of benzene rings is 3. The van der Waals surface area contributed by atoms with E-state index < -0.39 is 26.0 Å². The fraction of sp³-hybridized carbons (Fsp3) is 0.136. The summed E-state index contributed by atoms with van der Waals surface area (Å²) in [7, 11) is -7.27. The third kappa shape index (κ3) is 6.08. The minimum atomic E-state index is -3.80. The Kier molecular flexibility index (Phi) is 6.56. The van der Waals surface area contributed by atoms with Crippen LogP contribution in [0.1, 0.15) is 21.5 Å². The highest BCUT2D eigenvalue weighted by molar-refractivity contribution is 7.92. The van der Waals surface area contributed by atoms with E-state index in [-0.39, 0.29) is 16.1 Å². The molecule has 0 unspecified atom stereocenters. The topological polar surface area (TPSA) is 121 Å². The highest BCUT2D eigenvalue weighted by atomic mass is 32.2. The van der Waals surface area contributed by atoms with Crippen LogP contribution in [0.2, 0.25) is 0 Å². The number of anilines is 3. The van der Waals surface area contributed by atoms with Gasteiger partial charge in [-0.05, 0) is 73.5 Å². The molecule has 3 rings (SSSR count). The van der Waals surface area contributed by atoms with Crippen LogP contribution in [0.25, 0.3) is 0 Å². The molecule has 0 spiro atoms. The van der Waals surface area contributed by atoms with Gasteiger partial charge in [-0.25, -0.2) is 16.8 Å². The number of hydrogen-bond acceptors (Lipinski definition) is 5. The monoisotopic (exact) mass is 473 g/mol. The van der Waals surface area contributed by atoms with Crippen molar-refractivity contribution in [1.29, 1.82) is 0 Å². The molecule has 0 atom stereocenters. The van der Waals surface area contributed by atoms with Crippen LogP contribution in [0, 0.1) is 13.8 Å². The maximum absolute atomic E-state index is 12.7. The first-order valence-electron chi connectivity index (χ1n) is 9.52. The molecule has 0 saturated heterocycles. The first kappa shape index (κ1) is 23.3.